The quantitative estimate of drug-likeness (QED) is 0.104. The first-order chi connectivity index (χ1) is 19.4. The molecule has 40 heavy (non-hydrogen) atoms. The number of nitrogens with zero attached hydrogens (tertiary/aromatic N) is 4. The van der Waals surface area contributed by atoms with E-state index in [9.17, 15) is 14.7 Å². The van der Waals surface area contributed by atoms with Gasteiger partial charge in [-0.15, -0.1) is 5.10 Å². The first-order valence-electron chi connectivity index (χ1n) is 13.1. The molecule has 0 unspecified atom stereocenters. The minimum absolute atomic E-state index is 0.0259. The third-order valence-electron chi connectivity index (χ3n) is 6.47. The van der Waals surface area contributed by atoms with Crippen molar-refractivity contribution in [2.45, 2.75) is 68.8 Å². The maximum atomic E-state index is 12.5. The highest BCUT2D eigenvalue weighted by Gasteiger charge is 2.32. The van der Waals surface area contributed by atoms with Crippen LogP contribution in [0.5, 0.6) is 0 Å². The Kier molecular flexibility index (Phi) is 11.0. The Morgan fingerprint density at radius 2 is 1.82 bits per heavy atom. The highest BCUT2D eigenvalue weighted by Crippen LogP contribution is 2.39. The summed E-state index contributed by atoms with van der Waals surface area (Å²) < 4.78 is 14.4. The lowest BCUT2D eigenvalue weighted by atomic mass is 10.0. The molecular weight excluding hydrogens is 536 g/mol. The number of hydroxylamine groups is 1. The van der Waals surface area contributed by atoms with E-state index in [-0.39, 0.29) is 31.1 Å². The first-order valence-corrected chi connectivity index (χ1v) is 14.1. The molecule has 2 heterocycles. The minimum atomic E-state index is -0.658. The van der Waals surface area contributed by atoms with Gasteiger partial charge in [0.2, 0.25) is 17.0 Å². The van der Waals surface area contributed by atoms with Crippen LogP contribution in [-0.4, -0.2) is 54.2 Å². The van der Waals surface area contributed by atoms with Crippen LogP contribution in [-0.2, 0) is 32.7 Å². The lowest BCUT2D eigenvalue weighted by Crippen LogP contribution is -2.31. The number of hydrogen-bond donors (Lipinski definition) is 4. The number of anilines is 1. The summed E-state index contributed by atoms with van der Waals surface area (Å²) in [6, 6.07) is 15.1. The van der Waals surface area contributed by atoms with Crippen LogP contribution >= 0.6 is 11.8 Å². The van der Waals surface area contributed by atoms with Crippen LogP contribution in [0.2, 0.25) is 0 Å². The molecule has 3 atom stereocenters. The summed E-state index contributed by atoms with van der Waals surface area (Å²) in [5, 5.41) is 33.2. The van der Waals surface area contributed by atoms with E-state index in [1.165, 1.54) is 11.8 Å². The molecule has 0 aliphatic carbocycles. The van der Waals surface area contributed by atoms with E-state index in [1.807, 2.05) is 48.5 Å². The van der Waals surface area contributed by atoms with Gasteiger partial charge in [-0.3, -0.25) is 14.8 Å². The van der Waals surface area contributed by atoms with Crippen LogP contribution < -0.4 is 10.8 Å². The van der Waals surface area contributed by atoms with Crippen LogP contribution in [0, 0.1) is 0 Å². The van der Waals surface area contributed by atoms with Gasteiger partial charge in [-0.25, -0.2) is 10.2 Å². The summed E-state index contributed by atoms with van der Waals surface area (Å²) in [6.45, 7) is -0.0259. The number of aliphatic hydroxyl groups is 1. The SMILES string of the molecule is Cn1nnnc1SC[C@H]1C[C@@H](c2ccc(CO)cc2)O[C@@H](c2cccc(NC(=O)CCCCCC(=O)NO)c2)O1. The Hall–Kier alpha value is -3.36. The van der Waals surface area contributed by atoms with Gasteiger partial charge in [-0.2, -0.15) is 0 Å². The number of aliphatic hydroxyl groups excluding tert-OH is 1. The molecule has 1 aliphatic heterocycles. The average molecular weight is 571 g/mol. The minimum Gasteiger partial charge on any atom is -0.392 e. The second kappa shape index (κ2) is 14.9. The Bertz CT molecular complexity index is 1260. The zero-order valence-electron chi connectivity index (χ0n) is 22.2. The summed E-state index contributed by atoms with van der Waals surface area (Å²) in [5.41, 5.74) is 4.84. The van der Waals surface area contributed by atoms with E-state index in [0.717, 1.165) is 16.7 Å². The number of unbranched alkanes of at least 4 members (excludes halogenated alkanes) is 2. The fourth-order valence-electron chi connectivity index (χ4n) is 4.32. The van der Waals surface area contributed by atoms with Crippen molar-refractivity contribution in [1.82, 2.24) is 25.7 Å². The van der Waals surface area contributed by atoms with E-state index >= 15 is 0 Å². The molecule has 1 saturated heterocycles. The van der Waals surface area contributed by atoms with E-state index in [4.69, 9.17) is 14.7 Å². The van der Waals surface area contributed by atoms with Crippen molar-refractivity contribution in [1.29, 1.82) is 0 Å². The molecule has 0 bridgehead atoms. The highest BCUT2D eigenvalue weighted by molar-refractivity contribution is 7.99. The molecule has 2 amide bonds. The zero-order valence-corrected chi connectivity index (χ0v) is 23.0. The molecule has 1 fully saturated rings. The number of rotatable bonds is 13. The van der Waals surface area contributed by atoms with Crippen LogP contribution in [0.4, 0.5) is 5.69 Å². The summed E-state index contributed by atoms with van der Waals surface area (Å²) >= 11 is 1.51. The highest BCUT2D eigenvalue weighted by atomic mass is 32.2. The summed E-state index contributed by atoms with van der Waals surface area (Å²) in [4.78, 5) is 23.6. The van der Waals surface area contributed by atoms with Crippen LogP contribution in [0.15, 0.2) is 53.7 Å². The molecule has 4 rings (SSSR count). The molecule has 3 aromatic rings. The number of benzene rings is 2. The van der Waals surface area contributed by atoms with Gasteiger partial charge in [0.05, 0.1) is 18.8 Å². The zero-order chi connectivity index (χ0) is 28.3. The maximum Gasteiger partial charge on any atom is 0.243 e. The molecule has 0 spiro atoms. The van der Waals surface area contributed by atoms with Gasteiger partial charge in [-0.05, 0) is 46.5 Å². The van der Waals surface area contributed by atoms with Gasteiger partial charge in [0.15, 0.2) is 6.29 Å². The molecule has 214 valence electrons. The largest absolute Gasteiger partial charge is 0.392 e. The van der Waals surface area contributed by atoms with Crippen molar-refractivity contribution in [3.05, 3.63) is 65.2 Å². The molecule has 1 aliphatic rings. The molecule has 0 saturated carbocycles. The van der Waals surface area contributed by atoms with E-state index in [1.54, 1.807) is 17.2 Å². The Morgan fingerprint density at radius 1 is 1.05 bits per heavy atom. The predicted octanol–water partition coefficient (Wildman–Crippen LogP) is 3.43. The molecule has 4 N–H and O–H groups in total. The van der Waals surface area contributed by atoms with Gasteiger partial charge in [-0.1, -0.05) is 54.6 Å². The van der Waals surface area contributed by atoms with E-state index in [0.29, 0.717) is 48.7 Å². The standard InChI is InChI=1S/C27H34N6O6S/c1-33-27(29-31-32-33)40-17-22-15-23(19-12-10-18(16-34)11-13-19)39-26(38-22)20-6-5-7-21(14-20)28-24(35)8-3-2-4-9-25(36)30-37/h5-7,10-14,22-23,26,34,37H,2-4,8-9,15-17H2,1H3,(H,28,35)(H,30,36)/t22-,23+,26+/m1/s1. The number of aryl methyl sites for hydroxylation is 1. The summed E-state index contributed by atoms with van der Waals surface area (Å²) in [6.07, 6.45) is 2.06. The van der Waals surface area contributed by atoms with Gasteiger partial charge in [0, 0.05) is 43.3 Å². The summed E-state index contributed by atoms with van der Waals surface area (Å²) in [7, 11) is 1.79. The van der Waals surface area contributed by atoms with Crippen molar-refractivity contribution in [2.24, 2.45) is 7.05 Å². The second-order valence-corrected chi connectivity index (χ2v) is 10.5. The van der Waals surface area contributed by atoms with E-state index < -0.39 is 12.2 Å². The van der Waals surface area contributed by atoms with Crippen LogP contribution in [0.1, 0.15) is 67.6 Å². The average Bonchev–Trinajstić information content (AvgIpc) is 3.40. The maximum absolute atomic E-state index is 12.5. The fourth-order valence-corrected chi connectivity index (χ4v) is 5.19. The molecule has 2 aromatic carbocycles. The van der Waals surface area contributed by atoms with Crippen LogP contribution in [0.3, 0.4) is 0 Å². The number of amides is 2. The number of carbonyl (C=O) groups excluding carboxylic acids is 2. The van der Waals surface area contributed by atoms with Gasteiger partial charge < -0.3 is 19.9 Å². The molecule has 0 radical (unpaired) electrons. The van der Waals surface area contributed by atoms with Gasteiger partial charge in [0.25, 0.3) is 0 Å². The van der Waals surface area contributed by atoms with Crippen LogP contribution in [0.25, 0.3) is 0 Å². The molecule has 12 nitrogen and oxygen atoms in total. The van der Waals surface area contributed by atoms with Crippen molar-refractivity contribution < 1.29 is 29.4 Å². The predicted molar refractivity (Wildman–Crippen MR) is 146 cm³/mol. The monoisotopic (exact) mass is 570 g/mol. The Labute approximate surface area is 236 Å². The molecular formula is C27H34N6O6S. The van der Waals surface area contributed by atoms with Crippen molar-refractivity contribution in [2.75, 3.05) is 11.1 Å². The third kappa shape index (κ3) is 8.57. The lowest BCUT2D eigenvalue weighted by molar-refractivity contribution is -0.245. The Balaban J connectivity index is 1.40. The number of nitrogens with one attached hydrogen (secondary N) is 2. The van der Waals surface area contributed by atoms with Crippen molar-refractivity contribution in [3.63, 3.8) is 0 Å². The van der Waals surface area contributed by atoms with Gasteiger partial charge >= 0.3 is 0 Å². The van der Waals surface area contributed by atoms with Crippen molar-refractivity contribution in [3.8, 4) is 0 Å². The normalized spacial score (nSPS) is 18.8. The smallest absolute Gasteiger partial charge is 0.243 e. The number of carbonyl (C=O) groups is 2. The number of tetrazole rings is 1. The lowest BCUT2D eigenvalue weighted by Gasteiger charge is -2.36. The number of ether oxygens (including phenoxy) is 2. The fraction of sp³-hybridized carbons (Fsp3) is 0.444. The third-order valence-corrected chi connectivity index (χ3v) is 7.61. The number of thioether (sulfide) groups is 1. The van der Waals surface area contributed by atoms with Gasteiger partial charge in [0.1, 0.15) is 0 Å². The Morgan fingerprint density at radius 3 is 2.52 bits per heavy atom. The number of aromatic nitrogens is 4. The molecule has 1 aromatic heterocycles. The molecule has 13 heteroatoms. The topological polar surface area (TPSA) is 161 Å². The first kappa shape index (κ1) is 29.6. The van der Waals surface area contributed by atoms with E-state index in [2.05, 4.69) is 20.8 Å². The van der Waals surface area contributed by atoms with Crippen molar-refractivity contribution >= 4 is 29.3 Å². The number of hydrogen-bond acceptors (Lipinski definition) is 10. The second-order valence-electron chi connectivity index (χ2n) is 9.52. The summed E-state index contributed by atoms with van der Waals surface area (Å²) in [5.74, 6) is 0.0716.